The summed E-state index contributed by atoms with van der Waals surface area (Å²) in [5.74, 6) is 1.24. The quantitative estimate of drug-likeness (QED) is 0.793. The lowest BCUT2D eigenvalue weighted by Gasteiger charge is -2.32. The number of hydrogen-bond acceptors (Lipinski definition) is 3. The van der Waals surface area contributed by atoms with Gasteiger partial charge in [-0.25, -0.2) is 4.79 Å². The van der Waals surface area contributed by atoms with Gasteiger partial charge in [-0.05, 0) is 47.0 Å². The van der Waals surface area contributed by atoms with Crippen LogP contribution in [0.3, 0.4) is 0 Å². The van der Waals surface area contributed by atoms with Crippen molar-refractivity contribution in [1.82, 2.24) is 10.2 Å². The Labute approximate surface area is 115 Å². The van der Waals surface area contributed by atoms with Crippen LogP contribution in [0.5, 0.6) is 0 Å². The minimum absolute atomic E-state index is 0.0839. The van der Waals surface area contributed by atoms with Crippen molar-refractivity contribution in [2.75, 3.05) is 0 Å². The minimum atomic E-state index is -0.420. The minimum Gasteiger partial charge on any atom is -0.444 e. The SMILES string of the molecule is CCC1C2CCC3NC12N(C(=O)OC(C)(C)C)C3C. The average molecular weight is 266 g/mol. The van der Waals surface area contributed by atoms with Crippen molar-refractivity contribution in [1.29, 1.82) is 0 Å². The first-order valence-corrected chi connectivity index (χ1v) is 7.61. The molecular weight excluding hydrogens is 240 g/mol. The van der Waals surface area contributed by atoms with Crippen LogP contribution in [0, 0.1) is 11.8 Å². The molecule has 1 N–H and O–H groups in total. The number of likely N-dealkylation sites (tertiary alicyclic amines) is 1. The second-order valence-electron chi connectivity index (χ2n) is 7.37. The fraction of sp³-hybridized carbons (Fsp3) is 0.933. The zero-order chi connectivity index (χ0) is 14.0. The summed E-state index contributed by atoms with van der Waals surface area (Å²) in [4.78, 5) is 14.6. The molecule has 1 saturated carbocycles. The van der Waals surface area contributed by atoms with E-state index in [9.17, 15) is 4.79 Å². The normalized spacial score (nSPS) is 43.9. The number of ether oxygens (including phenoxy) is 1. The summed E-state index contributed by atoms with van der Waals surface area (Å²) in [6, 6.07) is 0.691. The Morgan fingerprint density at radius 1 is 1.42 bits per heavy atom. The Morgan fingerprint density at radius 2 is 2.11 bits per heavy atom. The highest BCUT2D eigenvalue weighted by Gasteiger charge is 2.75. The first-order valence-electron chi connectivity index (χ1n) is 7.61. The Hall–Kier alpha value is -0.770. The molecule has 2 saturated heterocycles. The van der Waals surface area contributed by atoms with Gasteiger partial charge in [0.2, 0.25) is 0 Å². The van der Waals surface area contributed by atoms with E-state index in [-0.39, 0.29) is 17.8 Å². The molecule has 108 valence electrons. The van der Waals surface area contributed by atoms with Crippen molar-refractivity contribution in [3.63, 3.8) is 0 Å². The smallest absolute Gasteiger partial charge is 0.412 e. The van der Waals surface area contributed by atoms with Crippen molar-refractivity contribution < 1.29 is 9.53 Å². The van der Waals surface area contributed by atoms with E-state index in [4.69, 9.17) is 4.74 Å². The molecule has 1 spiro atoms. The topological polar surface area (TPSA) is 41.6 Å². The molecule has 0 aromatic carbocycles. The molecule has 4 heteroatoms. The van der Waals surface area contributed by atoms with E-state index in [1.165, 1.54) is 12.8 Å². The molecule has 1 aliphatic carbocycles. The summed E-state index contributed by atoms with van der Waals surface area (Å²) < 4.78 is 5.63. The third-order valence-electron chi connectivity index (χ3n) is 5.13. The van der Waals surface area contributed by atoms with Crippen LogP contribution in [0.4, 0.5) is 4.79 Å². The Kier molecular flexibility index (Phi) is 2.70. The molecule has 19 heavy (non-hydrogen) atoms. The zero-order valence-electron chi connectivity index (χ0n) is 12.7. The largest absolute Gasteiger partial charge is 0.444 e. The first-order chi connectivity index (χ1) is 8.81. The van der Waals surface area contributed by atoms with Crippen molar-refractivity contribution >= 4 is 6.09 Å². The van der Waals surface area contributed by atoms with E-state index in [2.05, 4.69) is 19.2 Å². The van der Waals surface area contributed by atoms with Crippen molar-refractivity contribution in [2.24, 2.45) is 11.8 Å². The van der Waals surface area contributed by atoms with Crippen molar-refractivity contribution in [3.8, 4) is 0 Å². The molecular formula is C15H26N2O2. The number of hydrogen-bond donors (Lipinski definition) is 1. The van der Waals surface area contributed by atoms with Crippen LogP contribution in [-0.4, -0.2) is 34.3 Å². The van der Waals surface area contributed by atoms with Crippen LogP contribution in [0.1, 0.15) is 53.9 Å². The number of amides is 1. The second kappa shape index (κ2) is 3.87. The number of nitrogens with zero attached hydrogens (tertiary/aromatic N) is 1. The molecule has 3 fully saturated rings. The van der Waals surface area contributed by atoms with Gasteiger partial charge in [-0.15, -0.1) is 0 Å². The molecule has 2 aliphatic heterocycles. The van der Waals surface area contributed by atoms with Gasteiger partial charge in [0, 0.05) is 23.9 Å². The van der Waals surface area contributed by atoms with Gasteiger partial charge in [-0.3, -0.25) is 10.2 Å². The molecule has 5 atom stereocenters. The van der Waals surface area contributed by atoms with Crippen molar-refractivity contribution in [2.45, 2.75) is 77.2 Å². The molecule has 2 bridgehead atoms. The van der Waals surface area contributed by atoms with Crippen LogP contribution in [0.25, 0.3) is 0 Å². The lowest BCUT2D eigenvalue weighted by molar-refractivity contribution is 0.00917. The maximum atomic E-state index is 12.6. The van der Waals surface area contributed by atoms with Gasteiger partial charge in [0.25, 0.3) is 0 Å². The standard InChI is InChI=1S/C15H26N2O2/c1-6-10-11-7-8-12-9(2)17(15(10,11)16-12)13(18)19-14(3,4)5/h9-12,16H,6-8H2,1-5H3. The zero-order valence-corrected chi connectivity index (χ0v) is 12.7. The maximum absolute atomic E-state index is 12.6. The maximum Gasteiger partial charge on any atom is 0.412 e. The predicted octanol–water partition coefficient (Wildman–Crippen LogP) is 2.73. The summed E-state index contributed by atoms with van der Waals surface area (Å²) >= 11 is 0. The first kappa shape index (κ1) is 13.2. The van der Waals surface area contributed by atoms with Crippen LogP contribution < -0.4 is 5.32 Å². The summed E-state index contributed by atoms with van der Waals surface area (Å²) in [7, 11) is 0. The lowest BCUT2D eigenvalue weighted by Crippen LogP contribution is -2.49. The van der Waals surface area contributed by atoms with E-state index < -0.39 is 5.60 Å². The molecule has 1 amide bonds. The third-order valence-corrected chi connectivity index (χ3v) is 5.13. The number of nitrogens with one attached hydrogen (secondary N) is 1. The van der Waals surface area contributed by atoms with Gasteiger partial charge >= 0.3 is 6.09 Å². The monoisotopic (exact) mass is 266 g/mol. The second-order valence-corrected chi connectivity index (χ2v) is 7.37. The average Bonchev–Trinajstić information content (AvgIpc) is 2.85. The van der Waals surface area contributed by atoms with Gasteiger partial charge in [-0.2, -0.15) is 0 Å². The van der Waals surface area contributed by atoms with Gasteiger partial charge in [0.05, 0.1) is 0 Å². The van der Waals surface area contributed by atoms with Crippen LogP contribution in [0.15, 0.2) is 0 Å². The van der Waals surface area contributed by atoms with Gasteiger partial charge in [0.1, 0.15) is 11.3 Å². The third kappa shape index (κ3) is 1.72. The molecule has 5 unspecified atom stereocenters. The number of rotatable bonds is 1. The number of carbonyl (C=O) groups excluding carboxylic acids is 1. The fourth-order valence-corrected chi connectivity index (χ4v) is 4.41. The van der Waals surface area contributed by atoms with Crippen molar-refractivity contribution in [3.05, 3.63) is 0 Å². The molecule has 0 aromatic rings. The number of fused-ring (bicyclic) bond motifs is 1. The van der Waals surface area contributed by atoms with Crippen LogP contribution >= 0.6 is 0 Å². The number of carbonyl (C=O) groups is 1. The molecule has 0 radical (unpaired) electrons. The van der Waals surface area contributed by atoms with E-state index in [1.54, 1.807) is 0 Å². The highest BCUT2D eigenvalue weighted by Crippen LogP contribution is 2.63. The van der Waals surface area contributed by atoms with Gasteiger partial charge in [-0.1, -0.05) is 6.92 Å². The molecule has 4 nitrogen and oxygen atoms in total. The molecule has 0 aromatic heterocycles. The fourth-order valence-electron chi connectivity index (χ4n) is 4.41. The molecule has 3 aliphatic rings. The Morgan fingerprint density at radius 3 is 2.68 bits per heavy atom. The predicted molar refractivity (Wildman–Crippen MR) is 73.7 cm³/mol. The van der Waals surface area contributed by atoms with Gasteiger partial charge in [0.15, 0.2) is 0 Å². The molecule has 2 heterocycles. The summed E-state index contributed by atoms with van der Waals surface area (Å²) in [6.07, 6.45) is 3.43. The Balaban J connectivity index is 1.86. The highest BCUT2D eigenvalue weighted by molar-refractivity contribution is 5.71. The van der Waals surface area contributed by atoms with E-state index in [0.29, 0.717) is 17.9 Å². The van der Waals surface area contributed by atoms with E-state index >= 15 is 0 Å². The summed E-state index contributed by atoms with van der Waals surface area (Å²) in [5.41, 5.74) is -0.504. The van der Waals surface area contributed by atoms with Crippen LogP contribution in [-0.2, 0) is 4.74 Å². The van der Waals surface area contributed by atoms with E-state index in [1.807, 2.05) is 25.7 Å². The highest BCUT2D eigenvalue weighted by atomic mass is 16.6. The number of piperidine rings is 1. The Bertz CT molecular complexity index is 397. The summed E-state index contributed by atoms with van der Waals surface area (Å²) in [5, 5.41) is 3.73. The van der Waals surface area contributed by atoms with E-state index in [0.717, 1.165) is 6.42 Å². The summed E-state index contributed by atoms with van der Waals surface area (Å²) in [6.45, 7) is 10.2. The molecule has 3 rings (SSSR count). The van der Waals surface area contributed by atoms with Gasteiger partial charge < -0.3 is 4.74 Å². The lowest BCUT2D eigenvalue weighted by atomic mass is 10.0. The van der Waals surface area contributed by atoms with Crippen LogP contribution in [0.2, 0.25) is 0 Å².